The molecule has 5 rings (SSSR count). The van der Waals surface area contributed by atoms with Crippen molar-refractivity contribution in [2.45, 2.75) is 38.6 Å². The van der Waals surface area contributed by atoms with E-state index in [2.05, 4.69) is 21.8 Å². The van der Waals surface area contributed by atoms with Gasteiger partial charge in [-0.15, -0.1) is 0 Å². The Bertz CT molecular complexity index is 1590. The number of aryl methyl sites for hydroxylation is 1. The Morgan fingerprint density at radius 1 is 0.897 bits per heavy atom. The molecule has 5 aromatic rings. The number of rotatable bonds is 11. The SMILES string of the molecule is CC(CCN)c1nc2cccnc2c2c1ncn2CCCCNC(=O)c1ccc(C(=O)c2ccccc2)cc1. The molecule has 1 atom stereocenters. The number of amides is 1. The lowest BCUT2D eigenvalue weighted by Gasteiger charge is -2.13. The summed E-state index contributed by atoms with van der Waals surface area (Å²) in [5.41, 5.74) is 12.1. The quantitative estimate of drug-likeness (QED) is 0.190. The number of carbonyl (C=O) groups is 2. The summed E-state index contributed by atoms with van der Waals surface area (Å²) < 4.78 is 2.13. The minimum atomic E-state index is -0.151. The Morgan fingerprint density at radius 2 is 1.64 bits per heavy atom. The number of hydrogen-bond acceptors (Lipinski definition) is 6. The average Bonchev–Trinajstić information content (AvgIpc) is 3.41. The van der Waals surface area contributed by atoms with Crippen molar-refractivity contribution >= 4 is 33.8 Å². The third-order valence-electron chi connectivity index (χ3n) is 6.96. The van der Waals surface area contributed by atoms with E-state index in [1.807, 2.05) is 36.7 Å². The number of benzene rings is 2. The number of carbonyl (C=O) groups excluding carboxylic acids is 2. The molecule has 0 saturated heterocycles. The number of unbranched alkanes of at least 4 members (excludes halogenated alkanes) is 1. The van der Waals surface area contributed by atoms with E-state index in [1.54, 1.807) is 42.6 Å². The highest BCUT2D eigenvalue weighted by atomic mass is 16.1. The Labute approximate surface area is 227 Å². The van der Waals surface area contributed by atoms with Crippen LogP contribution in [0.5, 0.6) is 0 Å². The van der Waals surface area contributed by atoms with Gasteiger partial charge in [-0.05, 0) is 50.1 Å². The molecular formula is C31H32N6O2. The van der Waals surface area contributed by atoms with E-state index in [-0.39, 0.29) is 17.6 Å². The lowest BCUT2D eigenvalue weighted by molar-refractivity contribution is 0.0951. The fourth-order valence-electron chi connectivity index (χ4n) is 4.81. The molecule has 1 unspecified atom stereocenters. The highest BCUT2D eigenvalue weighted by molar-refractivity contribution is 6.09. The number of aromatic nitrogens is 4. The van der Waals surface area contributed by atoms with Crippen LogP contribution in [0.3, 0.4) is 0 Å². The average molecular weight is 521 g/mol. The molecule has 0 aliphatic carbocycles. The van der Waals surface area contributed by atoms with Crippen LogP contribution in [0.4, 0.5) is 0 Å². The Balaban J connectivity index is 1.19. The van der Waals surface area contributed by atoms with E-state index in [0.29, 0.717) is 29.8 Å². The molecule has 3 heterocycles. The van der Waals surface area contributed by atoms with Crippen LogP contribution < -0.4 is 11.1 Å². The predicted octanol–water partition coefficient (Wildman–Crippen LogP) is 4.87. The summed E-state index contributed by atoms with van der Waals surface area (Å²) in [7, 11) is 0. The van der Waals surface area contributed by atoms with Crippen molar-refractivity contribution in [1.29, 1.82) is 0 Å². The van der Waals surface area contributed by atoms with Gasteiger partial charge in [-0.2, -0.15) is 0 Å². The monoisotopic (exact) mass is 520 g/mol. The van der Waals surface area contributed by atoms with Gasteiger partial charge in [0.15, 0.2) is 5.78 Å². The maximum atomic E-state index is 12.6. The zero-order chi connectivity index (χ0) is 27.2. The molecule has 8 nitrogen and oxygen atoms in total. The first kappa shape index (κ1) is 26.2. The first-order chi connectivity index (χ1) is 19.1. The Morgan fingerprint density at radius 3 is 2.41 bits per heavy atom. The van der Waals surface area contributed by atoms with Crippen molar-refractivity contribution in [2.75, 3.05) is 13.1 Å². The molecule has 0 aliphatic rings. The van der Waals surface area contributed by atoms with Crippen molar-refractivity contribution in [3.63, 3.8) is 0 Å². The summed E-state index contributed by atoms with van der Waals surface area (Å²) in [4.78, 5) is 39.4. The van der Waals surface area contributed by atoms with E-state index in [4.69, 9.17) is 15.7 Å². The second-order valence-electron chi connectivity index (χ2n) is 9.72. The maximum absolute atomic E-state index is 12.6. The van der Waals surface area contributed by atoms with Crippen LogP contribution in [-0.4, -0.2) is 44.3 Å². The summed E-state index contributed by atoms with van der Waals surface area (Å²) in [5, 5.41) is 2.98. The van der Waals surface area contributed by atoms with Gasteiger partial charge in [0.05, 0.1) is 23.1 Å². The second-order valence-corrected chi connectivity index (χ2v) is 9.72. The highest BCUT2D eigenvalue weighted by Crippen LogP contribution is 2.29. The van der Waals surface area contributed by atoms with E-state index in [1.165, 1.54) is 0 Å². The van der Waals surface area contributed by atoms with Gasteiger partial charge in [0.25, 0.3) is 5.91 Å². The first-order valence-corrected chi connectivity index (χ1v) is 13.3. The topological polar surface area (TPSA) is 116 Å². The third kappa shape index (κ3) is 5.71. The Kier molecular flexibility index (Phi) is 8.03. The van der Waals surface area contributed by atoms with Crippen molar-refractivity contribution in [3.05, 3.63) is 102 Å². The minimum absolute atomic E-state index is 0.0608. The predicted molar refractivity (Wildman–Crippen MR) is 153 cm³/mol. The standard InChI is InChI=1S/C31H32N6O2/c1-21(15-16-32)26-28-29(27-25(36-26)10-7-18-33-27)37(20-35-28)19-6-5-17-34-31(39)24-13-11-23(12-14-24)30(38)22-8-3-2-4-9-22/h2-4,7-14,18,20-21H,5-6,15-17,19,32H2,1H3,(H,34,39). The minimum Gasteiger partial charge on any atom is -0.352 e. The van der Waals surface area contributed by atoms with E-state index in [0.717, 1.165) is 53.6 Å². The molecular weight excluding hydrogens is 488 g/mol. The van der Waals surface area contributed by atoms with Gasteiger partial charge < -0.3 is 15.6 Å². The van der Waals surface area contributed by atoms with Crippen LogP contribution in [0, 0.1) is 0 Å². The Hall–Kier alpha value is -4.43. The van der Waals surface area contributed by atoms with Gasteiger partial charge in [-0.25, -0.2) is 9.97 Å². The maximum Gasteiger partial charge on any atom is 0.251 e. The van der Waals surface area contributed by atoms with Crippen LogP contribution in [0.2, 0.25) is 0 Å². The van der Waals surface area contributed by atoms with Gasteiger partial charge in [0, 0.05) is 41.9 Å². The lowest BCUT2D eigenvalue weighted by atomic mass is 10.0. The third-order valence-corrected chi connectivity index (χ3v) is 6.96. The van der Waals surface area contributed by atoms with Gasteiger partial charge in [0.1, 0.15) is 11.0 Å². The fraction of sp³-hybridized carbons (Fsp3) is 0.258. The van der Waals surface area contributed by atoms with Gasteiger partial charge >= 0.3 is 0 Å². The zero-order valence-corrected chi connectivity index (χ0v) is 22.0. The molecule has 39 heavy (non-hydrogen) atoms. The molecule has 1 amide bonds. The van der Waals surface area contributed by atoms with Crippen molar-refractivity contribution < 1.29 is 9.59 Å². The summed E-state index contributed by atoms with van der Waals surface area (Å²) in [6.07, 6.45) is 6.15. The summed E-state index contributed by atoms with van der Waals surface area (Å²) in [5.74, 6) is -0.0120. The summed E-state index contributed by atoms with van der Waals surface area (Å²) in [6.45, 7) is 4.03. The second kappa shape index (κ2) is 12.0. The van der Waals surface area contributed by atoms with Crippen LogP contribution in [0.25, 0.3) is 22.1 Å². The van der Waals surface area contributed by atoms with Crippen LogP contribution >= 0.6 is 0 Å². The van der Waals surface area contributed by atoms with Gasteiger partial charge in [-0.3, -0.25) is 14.6 Å². The molecule has 3 N–H and O–H groups in total. The molecule has 8 heteroatoms. The number of ketones is 1. The smallest absolute Gasteiger partial charge is 0.251 e. The van der Waals surface area contributed by atoms with Crippen molar-refractivity contribution in [3.8, 4) is 0 Å². The van der Waals surface area contributed by atoms with Gasteiger partial charge in [0.2, 0.25) is 0 Å². The molecule has 0 spiro atoms. The molecule has 0 bridgehead atoms. The van der Waals surface area contributed by atoms with E-state index in [9.17, 15) is 9.59 Å². The van der Waals surface area contributed by atoms with Crippen LogP contribution in [0.1, 0.15) is 64.1 Å². The highest BCUT2D eigenvalue weighted by Gasteiger charge is 2.18. The van der Waals surface area contributed by atoms with E-state index < -0.39 is 0 Å². The van der Waals surface area contributed by atoms with E-state index >= 15 is 0 Å². The number of hydrogen-bond donors (Lipinski definition) is 2. The number of nitrogens with one attached hydrogen (secondary N) is 1. The molecule has 2 aromatic carbocycles. The van der Waals surface area contributed by atoms with Crippen LogP contribution in [-0.2, 0) is 6.54 Å². The number of nitrogens with zero attached hydrogens (tertiary/aromatic N) is 4. The number of imidazole rings is 1. The van der Waals surface area contributed by atoms with Crippen LogP contribution in [0.15, 0.2) is 79.3 Å². The molecule has 0 radical (unpaired) electrons. The molecule has 3 aromatic heterocycles. The van der Waals surface area contributed by atoms with Gasteiger partial charge in [-0.1, -0.05) is 49.4 Å². The number of fused-ring (bicyclic) bond motifs is 3. The fourth-order valence-corrected chi connectivity index (χ4v) is 4.81. The normalized spacial score (nSPS) is 12.1. The number of nitrogens with two attached hydrogens (primary N) is 1. The summed E-state index contributed by atoms with van der Waals surface area (Å²) >= 11 is 0. The molecule has 198 valence electrons. The lowest BCUT2D eigenvalue weighted by Crippen LogP contribution is -2.24. The first-order valence-electron chi connectivity index (χ1n) is 13.3. The molecule has 0 aliphatic heterocycles. The van der Waals surface area contributed by atoms with Crippen molar-refractivity contribution in [1.82, 2.24) is 24.8 Å². The molecule has 0 saturated carbocycles. The van der Waals surface area contributed by atoms with Crippen molar-refractivity contribution in [2.24, 2.45) is 5.73 Å². The zero-order valence-electron chi connectivity index (χ0n) is 22.0. The summed E-state index contributed by atoms with van der Waals surface area (Å²) in [6, 6.07) is 19.8. The number of pyridine rings is 2. The molecule has 0 fully saturated rings. The largest absolute Gasteiger partial charge is 0.352 e.